The van der Waals surface area contributed by atoms with Crippen molar-refractivity contribution in [3.05, 3.63) is 34.9 Å². The Morgan fingerprint density at radius 1 is 0.390 bits per heavy atom. The highest BCUT2D eigenvalue weighted by molar-refractivity contribution is 7.41. The summed E-state index contributed by atoms with van der Waals surface area (Å²) >= 11 is 8.27. The topological polar surface area (TPSA) is 83.1 Å². The molecule has 0 bridgehead atoms. The summed E-state index contributed by atoms with van der Waals surface area (Å²) in [6.45, 7) is 5.78. The lowest BCUT2D eigenvalue weighted by Gasteiger charge is -2.35. The van der Waals surface area contributed by atoms with Crippen LogP contribution >= 0.6 is 11.1 Å². The molecule has 41 heavy (non-hydrogen) atoms. The Hall–Kier alpha value is -3.63. The first-order chi connectivity index (χ1) is 19.6. The maximum Gasteiger partial charge on any atom is 0.260 e. The largest absolute Gasteiger partial charge is 0.497 e. The van der Waals surface area contributed by atoms with Gasteiger partial charge in [0.1, 0.15) is 17.2 Å². The molecule has 0 aliphatic heterocycles. The van der Waals surface area contributed by atoms with Gasteiger partial charge in [0.05, 0.1) is 64.0 Å². The highest BCUT2D eigenvalue weighted by atomic mass is 35.6. The zero-order chi connectivity index (χ0) is 30.6. The van der Waals surface area contributed by atoms with Crippen molar-refractivity contribution in [2.45, 2.75) is 20.8 Å². The minimum absolute atomic E-state index is 0.505. The summed E-state index contributed by atoms with van der Waals surface area (Å²) < 4.78 is 52.5. The number of hydrogen-bond donors (Lipinski definition) is 0. The molecule has 3 rings (SSSR count). The quantitative estimate of drug-likeness (QED) is 0.173. The molecule has 0 saturated heterocycles. The Labute approximate surface area is 247 Å². The molecular weight excluding hydrogens is 568 g/mol. The monoisotopic (exact) mass is 606 g/mol. The summed E-state index contributed by atoms with van der Waals surface area (Å²) in [4.78, 5) is 0. The molecule has 0 spiro atoms. The minimum Gasteiger partial charge on any atom is -0.497 e. The molecule has 0 aliphatic carbocycles. The third-order valence-corrected chi connectivity index (χ3v) is 12.9. The van der Waals surface area contributed by atoms with Crippen LogP contribution in [0.2, 0.25) is 0 Å². The van der Waals surface area contributed by atoms with Crippen molar-refractivity contribution in [3.8, 4) is 51.7 Å². The Morgan fingerprint density at radius 3 is 0.780 bits per heavy atom. The predicted molar refractivity (Wildman–Crippen MR) is 163 cm³/mol. The van der Waals surface area contributed by atoms with Gasteiger partial charge in [-0.05, 0) is 37.5 Å². The van der Waals surface area contributed by atoms with Crippen molar-refractivity contribution in [1.82, 2.24) is 0 Å². The number of benzene rings is 3. The fraction of sp³-hybridized carbons (Fsp3) is 0.400. The maximum atomic E-state index is 8.27. The third kappa shape index (κ3) is 5.03. The molecule has 11 heteroatoms. The molecule has 0 fully saturated rings. The van der Waals surface area contributed by atoms with Crippen LogP contribution in [-0.4, -0.2) is 71.4 Å². The molecule has 0 aliphatic rings. The molecule has 3 aromatic rings. The van der Waals surface area contributed by atoms with E-state index in [1.807, 2.05) is 20.8 Å². The van der Waals surface area contributed by atoms with E-state index in [0.29, 0.717) is 67.3 Å². The summed E-state index contributed by atoms with van der Waals surface area (Å²) in [5.74, 6) is 4.61. The second-order valence-electron chi connectivity index (χ2n) is 9.10. The molecule has 3 aromatic carbocycles. The van der Waals surface area contributed by atoms with Crippen LogP contribution in [0.5, 0.6) is 51.7 Å². The lowest BCUT2D eigenvalue weighted by Crippen LogP contribution is -2.66. The van der Waals surface area contributed by atoms with Crippen molar-refractivity contribution < 1.29 is 42.6 Å². The summed E-state index contributed by atoms with van der Waals surface area (Å²) in [5, 5.41) is 2.13. The second-order valence-corrected chi connectivity index (χ2v) is 13.6. The van der Waals surface area contributed by atoms with Crippen molar-refractivity contribution in [3.63, 3.8) is 0 Å². The Morgan fingerprint density at radius 2 is 0.610 bits per heavy atom. The lowest BCUT2D eigenvalue weighted by molar-refractivity contribution is 0.347. The number of rotatable bonds is 12. The first-order valence-corrected chi connectivity index (χ1v) is 15.7. The van der Waals surface area contributed by atoms with E-state index < -0.39 is 7.38 Å². The summed E-state index contributed by atoms with van der Waals surface area (Å²) in [5.41, 5.74) is 2.20. The minimum atomic E-state index is -3.77. The van der Waals surface area contributed by atoms with Gasteiger partial charge in [-0.3, -0.25) is 0 Å². The van der Waals surface area contributed by atoms with Crippen LogP contribution in [-0.2, 0) is 0 Å². The number of ether oxygens (including phenoxy) is 9. The SMILES string of the molecule is COc1cc(OC)c([Si](Cl)(c2c(OC)cc(OC)c(OC)c2C)c2c(OC)cc(OC)c(OC)c2C)c(C)c1OC. The average molecular weight is 607 g/mol. The first-order valence-electron chi connectivity index (χ1n) is 12.7. The van der Waals surface area contributed by atoms with E-state index in [4.69, 9.17) is 53.7 Å². The van der Waals surface area contributed by atoms with Crippen LogP contribution in [0.25, 0.3) is 0 Å². The molecule has 224 valence electrons. The van der Waals surface area contributed by atoms with E-state index in [0.717, 1.165) is 16.7 Å². The zero-order valence-electron chi connectivity index (χ0n) is 25.8. The highest BCUT2D eigenvalue weighted by Gasteiger charge is 2.50. The zero-order valence-corrected chi connectivity index (χ0v) is 27.5. The summed E-state index contributed by atoms with van der Waals surface area (Å²) in [7, 11) is 10.5. The molecule has 0 unspecified atom stereocenters. The number of halogens is 1. The molecule has 0 heterocycles. The number of hydrogen-bond acceptors (Lipinski definition) is 9. The fourth-order valence-corrected chi connectivity index (χ4v) is 11.9. The van der Waals surface area contributed by atoms with E-state index in [1.54, 1.807) is 82.2 Å². The van der Waals surface area contributed by atoms with Crippen LogP contribution in [0.15, 0.2) is 18.2 Å². The highest BCUT2D eigenvalue weighted by Crippen LogP contribution is 2.43. The molecule has 0 saturated carbocycles. The normalized spacial score (nSPS) is 11.0. The van der Waals surface area contributed by atoms with E-state index >= 15 is 0 Å². The molecule has 0 radical (unpaired) electrons. The van der Waals surface area contributed by atoms with Gasteiger partial charge in [0.15, 0.2) is 34.5 Å². The van der Waals surface area contributed by atoms with Crippen molar-refractivity contribution in [2.75, 3.05) is 64.0 Å². The Kier molecular flexibility index (Phi) is 10.0. The van der Waals surface area contributed by atoms with Crippen molar-refractivity contribution >= 4 is 34.0 Å². The lowest BCUT2D eigenvalue weighted by atomic mass is 10.1. The van der Waals surface area contributed by atoms with E-state index in [2.05, 4.69) is 0 Å². The predicted octanol–water partition coefficient (Wildman–Crippen LogP) is 3.89. The second kappa shape index (κ2) is 12.9. The van der Waals surface area contributed by atoms with Gasteiger partial charge in [-0.25, -0.2) is 0 Å². The summed E-state index contributed by atoms with van der Waals surface area (Å²) in [6, 6.07) is 5.32. The van der Waals surface area contributed by atoms with E-state index in [9.17, 15) is 0 Å². The standard InChI is InChI=1S/C30H39ClO9Si/c1-16-25(38-10)19(32-4)13-22(35-7)28(16)41(31,29-17(2)26(39-11)20(33-5)14-23(29)36-8)30-18(3)27(40-12)21(34-6)15-24(30)37-9/h13-15H,1-12H3. The fourth-order valence-electron chi connectivity index (χ4n) is 5.58. The molecule has 0 atom stereocenters. The van der Waals surface area contributed by atoms with Crippen LogP contribution < -0.4 is 58.2 Å². The molecule has 9 nitrogen and oxygen atoms in total. The number of methoxy groups -OCH3 is 9. The van der Waals surface area contributed by atoms with Crippen LogP contribution in [0, 0.1) is 20.8 Å². The van der Waals surface area contributed by atoms with Gasteiger partial charge in [-0.1, -0.05) is 0 Å². The van der Waals surface area contributed by atoms with Gasteiger partial charge in [-0.2, -0.15) is 0 Å². The molecular formula is C30H39ClO9Si. The van der Waals surface area contributed by atoms with Gasteiger partial charge in [-0.15, -0.1) is 11.1 Å². The van der Waals surface area contributed by atoms with Gasteiger partial charge in [0, 0.05) is 33.8 Å². The third-order valence-electron chi connectivity index (χ3n) is 7.31. The first kappa shape index (κ1) is 31.9. The Bertz CT molecular complexity index is 1260. The van der Waals surface area contributed by atoms with Gasteiger partial charge < -0.3 is 42.6 Å². The van der Waals surface area contributed by atoms with Crippen LogP contribution in [0.3, 0.4) is 0 Å². The summed E-state index contributed by atoms with van der Waals surface area (Å²) in [6.07, 6.45) is 0. The van der Waals surface area contributed by atoms with Crippen molar-refractivity contribution in [1.29, 1.82) is 0 Å². The van der Waals surface area contributed by atoms with Crippen LogP contribution in [0.1, 0.15) is 16.7 Å². The molecule has 0 amide bonds. The Balaban J connectivity index is 2.78. The van der Waals surface area contributed by atoms with E-state index in [1.165, 1.54) is 0 Å². The molecule has 0 aromatic heterocycles. The van der Waals surface area contributed by atoms with Gasteiger partial charge in [0.2, 0.25) is 0 Å². The van der Waals surface area contributed by atoms with E-state index in [-0.39, 0.29) is 0 Å². The van der Waals surface area contributed by atoms with Crippen molar-refractivity contribution in [2.24, 2.45) is 0 Å². The maximum absolute atomic E-state index is 8.27. The van der Waals surface area contributed by atoms with Crippen LogP contribution in [0.4, 0.5) is 0 Å². The average Bonchev–Trinajstić information content (AvgIpc) is 2.98. The van der Waals surface area contributed by atoms with Gasteiger partial charge in [0.25, 0.3) is 7.38 Å². The molecule has 0 N–H and O–H groups in total. The van der Waals surface area contributed by atoms with Gasteiger partial charge >= 0.3 is 0 Å². The smallest absolute Gasteiger partial charge is 0.260 e.